The maximum absolute atomic E-state index is 11.7. The van der Waals surface area contributed by atoms with Crippen LogP contribution in [-0.2, 0) is 9.59 Å². The summed E-state index contributed by atoms with van der Waals surface area (Å²) < 4.78 is 1.97. The van der Waals surface area contributed by atoms with Crippen LogP contribution in [0.4, 0.5) is 0 Å². The molecule has 0 atom stereocenters. The molecule has 0 spiro atoms. The van der Waals surface area contributed by atoms with Gasteiger partial charge in [0.2, 0.25) is 5.91 Å². The zero-order valence-corrected chi connectivity index (χ0v) is 10.8. The average molecular weight is 270 g/mol. The number of aliphatic carboxylic acids is 1. The van der Waals surface area contributed by atoms with E-state index < -0.39 is 5.97 Å². The summed E-state index contributed by atoms with van der Waals surface area (Å²) in [7, 11) is 1.47. The van der Waals surface area contributed by atoms with E-state index in [1.807, 2.05) is 4.57 Å². The number of hydrogen-bond donors (Lipinski definition) is 1. The molecule has 7 nitrogen and oxygen atoms in total. The van der Waals surface area contributed by atoms with Gasteiger partial charge in [-0.3, -0.25) is 9.59 Å². The quantitative estimate of drug-likeness (QED) is 0.745. The first-order valence-corrected chi connectivity index (χ1v) is 6.54. The summed E-state index contributed by atoms with van der Waals surface area (Å²) >= 11 is 1.29. The Kier molecular flexibility index (Phi) is 3.85. The number of rotatable bonds is 6. The number of carbonyl (C=O) groups excluding carboxylic acids is 1. The fourth-order valence-corrected chi connectivity index (χ4v) is 2.39. The van der Waals surface area contributed by atoms with Crippen molar-refractivity contribution in [3.8, 4) is 0 Å². The Morgan fingerprint density at radius 1 is 1.61 bits per heavy atom. The van der Waals surface area contributed by atoms with Crippen molar-refractivity contribution in [3.05, 3.63) is 6.33 Å². The molecule has 0 aromatic carbocycles. The summed E-state index contributed by atoms with van der Waals surface area (Å²) in [4.78, 5) is 23.3. The minimum Gasteiger partial charge on any atom is -0.480 e. The van der Waals surface area contributed by atoms with Crippen LogP contribution >= 0.6 is 11.8 Å². The van der Waals surface area contributed by atoms with Crippen molar-refractivity contribution in [2.75, 3.05) is 19.3 Å². The highest BCUT2D eigenvalue weighted by Gasteiger charge is 2.26. The van der Waals surface area contributed by atoms with E-state index in [9.17, 15) is 9.59 Å². The van der Waals surface area contributed by atoms with E-state index in [1.165, 1.54) is 23.7 Å². The first-order valence-electron chi connectivity index (χ1n) is 5.56. The molecule has 1 N–H and O–H groups in total. The zero-order valence-electron chi connectivity index (χ0n) is 9.94. The van der Waals surface area contributed by atoms with Crippen LogP contribution in [0.15, 0.2) is 11.5 Å². The second kappa shape index (κ2) is 5.38. The van der Waals surface area contributed by atoms with Crippen molar-refractivity contribution in [2.24, 2.45) is 0 Å². The zero-order chi connectivity index (χ0) is 13.1. The van der Waals surface area contributed by atoms with E-state index in [-0.39, 0.29) is 18.2 Å². The Bertz CT molecular complexity index is 458. The van der Waals surface area contributed by atoms with Gasteiger partial charge in [0.1, 0.15) is 12.9 Å². The molecule has 1 saturated carbocycles. The van der Waals surface area contributed by atoms with E-state index >= 15 is 0 Å². The molecular weight excluding hydrogens is 256 g/mol. The van der Waals surface area contributed by atoms with Crippen molar-refractivity contribution >= 4 is 23.6 Å². The van der Waals surface area contributed by atoms with Gasteiger partial charge >= 0.3 is 5.97 Å². The fraction of sp³-hybridized carbons (Fsp3) is 0.600. The summed E-state index contributed by atoms with van der Waals surface area (Å²) in [6, 6.07) is 0.467. The lowest BCUT2D eigenvalue weighted by atomic mass is 10.5. The third-order valence-electron chi connectivity index (χ3n) is 2.60. The SMILES string of the molecule is CN(CC(=O)O)C(=O)CSc1nncn1C1CC1. The van der Waals surface area contributed by atoms with Gasteiger partial charge in [-0.25, -0.2) is 0 Å². The van der Waals surface area contributed by atoms with Crippen molar-refractivity contribution in [2.45, 2.75) is 24.0 Å². The molecule has 18 heavy (non-hydrogen) atoms. The number of aromatic nitrogens is 3. The minimum absolute atomic E-state index is 0.176. The van der Waals surface area contributed by atoms with Crippen LogP contribution in [0.2, 0.25) is 0 Å². The number of amides is 1. The lowest BCUT2D eigenvalue weighted by molar-refractivity contribution is -0.142. The molecule has 0 unspecified atom stereocenters. The van der Waals surface area contributed by atoms with Crippen molar-refractivity contribution in [1.82, 2.24) is 19.7 Å². The van der Waals surface area contributed by atoms with E-state index in [4.69, 9.17) is 5.11 Å². The van der Waals surface area contributed by atoms with Gasteiger partial charge in [-0.05, 0) is 12.8 Å². The molecule has 1 aliphatic carbocycles. The first-order chi connectivity index (χ1) is 8.58. The molecule has 1 aromatic rings. The number of hydrogen-bond acceptors (Lipinski definition) is 5. The molecule has 0 radical (unpaired) electrons. The van der Waals surface area contributed by atoms with Gasteiger partial charge in [-0.2, -0.15) is 0 Å². The van der Waals surface area contributed by atoms with Crippen LogP contribution in [0.3, 0.4) is 0 Å². The van der Waals surface area contributed by atoms with Crippen LogP contribution in [0.5, 0.6) is 0 Å². The number of thioether (sulfide) groups is 1. The Morgan fingerprint density at radius 2 is 2.33 bits per heavy atom. The van der Waals surface area contributed by atoms with E-state index in [0.29, 0.717) is 6.04 Å². The van der Waals surface area contributed by atoms with Crippen LogP contribution in [0.25, 0.3) is 0 Å². The lowest BCUT2D eigenvalue weighted by Gasteiger charge is -2.13. The van der Waals surface area contributed by atoms with Gasteiger partial charge in [0.05, 0.1) is 5.75 Å². The van der Waals surface area contributed by atoms with Gasteiger partial charge in [0.25, 0.3) is 0 Å². The number of carboxylic acid groups (broad SMARTS) is 1. The average Bonchev–Trinajstić information content (AvgIpc) is 3.04. The summed E-state index contributed by atoms with van der Waals surface area (Å²) in [5, 5.41) is 17.1. The van der Waals surface area contributed by atoms with Gasteiger partial charge in [0.15, 0.2) is 5.16 Å². The van der Waals surface area contributed by atoms with E-state index in [2.05, 4.69) is 10.2 Å². The summed E-state index contributed by atoms with van der Waals surface area (Å²) in [6.45, 7) is -0.283. The molecule has 1 aliphatic rings. The standard InChI is InChI=1S/C10H14N4O3S/c1-13(4-9(16)17)8(15)5-18-10-12-11-6-14(10)7-2-3-7/h6-7H,2-5H2,1H3,(H,16,17). The molecule has 8 heteroatoms. The Morgan fingerprint density at radius 3 is 2.94 bits per heavy atom. The maximum Gasteiger partial charge on any atom is 0.323 e. The predicted molar refractivity (Wildman–Crippen MR) is 64.3 cm³/mol. The van der Waals surface area contributed by atoms with E-state index in [1.54, 1.807) is 6.33 Å². The monoisotopic (exact) mass is 270 g/mol. The number of nitrogens with zero attached hydrogens (tertiary/aromatic N) is 4. The van der Waals surface area contributed by atoms with Crippen molar-refractivity contribution in [1.29, 1.82) is 0 Å². The normalized spacial score (nSPS) is 14.5. The second-order valence-electron chi connectivity index (χ2n) is 4.18. The molecule has 0 bridgehead atoms. The Labute approximate surface area is 108 Å². The molecule has 1 fully saturated rings. The maximum atomic E-state index is 11.7. The van der Waals surface area contributed by atoms with Gasteiger partial charge in [-0.15, -0.1) is 10.2 Å². The predicted octanol–water partition coefficient (Wildman–Crippen LogP) is 0.248. The summed E-state index contributed by atoms with van der Waals surface area (Å²) in [5.41, 5.74) is 0. The van der Waals surface area contributed by atoms with Gasteiger partial charge < -0.3 is 14.6 Å². The fourth-order valence-electron chi connectivity index (χ4n) is 1.47. The molecule has 2 rings (SSSR count). The second-order valence-corrected chi connectivity index (χ2v) is 5.13. The lowest BCUT2D eigenvalue weighted by Crippen LogP contribution is -2.33. The number of carbonyl (C=O) groups is 2. The highest BCUT2D eigenvalue weighted by Crippen LogP contribution is 2.37. The third kappa shape index (κ3) is 3.22. The molecule has 1 heterocycles. The summed E-state index contributed by atoms with van der Waals surface area (Å²) in [5.74, 6) is -1.07. The molecular formula is C10H14N4O3S. The minimum atomic E-state index is -1.02. The highest BCUT2D eigenvalue weighted by molar-refractivity contribution is 7.99. The highest BCUT2D eigenvalue weighted by atomic mass is 32.2. The first kappa shape index (κ1) is 12.9. The van der Waals surface area contributed by atoms with Gasteiger partial charge in [-0.1, -0.05) is 11.8 Å². The topological polar surface area (TPSA) is 88.3 Å². The Balaban J connectivity index is 1.85. The molecule has 1 aromatic heterocycles. The van der Waals surface area contributed by atoms with Crippen LogP contribution < -0.4 is 0 Å². The third-order valence-corrected chi connectivity index (χ3v) is 3.55. The van der Waals surface area contributed by atoms with E-state index in [0.717, 1.165) is 18.0 Å². The van der Waals surface area contributed by atoms with Crippen molar-refractivity contribution < 1.29 is 14.7 Å². The number of carboxylic acids is 1. The molecule has 1 amide bonds. The molecule has 98 valence electrons. The van der Waals surface area contributed by atoms with Gasteiger partial charge in [0, 0.05) is 13.1 Å². The smallest absolute Gasteiger partial charge is 0.323 e. The van der Waals surface area contributed by atoms with Crippen LogP contribution in [-0.4, -0.2) is 56.0 Å². The molecule has 0 saturated heterocycles. The number of likely N-dealkylation sites (N-methyl/N-ethyl adjacent to an activating group) is 1. The molecule has 0 aliphatic heterocycles. The largest absolute Gasteiger partial charge is 0.480 e. The van der Waals surface area contributed by atoms with Crippen LogP contribution in [0, 0.1) is 0 Å². The Hall–Kier alpha value is -1.57. The van der Waals surface area contributed by atoms with Crippen LogP contribution in [0.1, 0.15) is 18.9 Å². The van der Waals surface area contributed by atoms with Crippen molar-refractivity contribution in [3.63, 3.8) is 0 Å². The summed E-state index contributed by atoms with van der Waals surface area (Å²) in [6.07, 6.45) is 3.92.